The first-order valence-corrected chi connectivity index (χ1v) is 8.46. The van der Waals surface area contributed by atoms with Crippen LogP contribution in [0.1, 0.15) is 37.5 Å². The van der Waals surface area contributed by atoms with Crippen molar-refractivity contribution in [2.45, 2.75) is 46.4 Å². The Labute approximate surface area is 149 Å². The van der Waals surface area contributed by atoms with Gasteiger partial charge in [0.25, 0.3) is 0 Å². The van der Waals surface area contributed by atoms with Crippen LogP contribution in [-0.4, -0.2) is 12.6 Å². The molecule has 0 saturated carbocycles. The van der Waals surface area contributed by atoms with Crippen LogP contribution < -0.4 is 14.8 Å². The zero-order valence-electron chi connectivity index (χ0n) is 15.1. The SMILES string of the molecule is COc1cc(CNC(C)(C)C)cc(Cl)c1OCc1cccc(C)c1. The molecule has 130 valence electrons. The summed E-state index contributed by atoms with van der Waals surface area (Å²) in [5.41, 5.74) is 3.42. The van der Waals surface area contributed by atoms with E-state index >= 15 is 0 Å². The van der Waals surface area contributed by atoms with Gasteiger partial charge < -0.3 is 14.8 Å². The van der Waals surface area contributed by atoms with E-state index in [4.69, 9.17) is 21.1 Å². The Hall–Kier alpha value is -1.71. The highest BCUT2D eigenvalue weighted by molar-refractivity contribution is 6.32. The molecule has 2 rings (SSSR count). The number of ether oxygens (including phenoxy) is 2. The fourth-order valence-corrected chi connectivity index (χ4v) is 2.63. The normalized spacial score (nSPS) is 11.4. The third kappa shape index (κ3) is 5.43. The third-order valence-corrected chi connectivity index (χ3v) is 3.86. The Morgan fingerprint density at radius 3 is 2.46 bits per heavy atom. The molecule has 0 aromatic heterocycles. The van der Waals surface area contributed by atoms with Crippen molar-refractivity contribution in [3.63, 3.8) is 0 Å². The average Bonchev–Trinajstić information content (AvgIpc) is 2.50. The Morgan fingerprint density at radius 2 is 1.83 bits per heavy atom. The second-order valence-electron chi connectivity index (χ2n) is 6.99. The van der Waals surface area contributed by atoms with Gasteiger partial charge in [0.15, 0.2) is 11.5 Å². The molecule has 0 saturated heterocycles. The van der Waals surface area contributed by atoms with E-state index in [2.05, 4.69) is 45.1 Å². The van der Waals surface area contributed by atoms with Crippen LogP contribution in [0.5, 0.6) is 11.5 Å². The highest BCUT2D eigenvalue weighted by atomic mass is 35.5. The van der Waals surface area contributed by atoms with E-state index < -0.39 is 0 Å². The lowest BCUT2D eigenvalue weighted by atomic mass is 10.1. The number of methoxy groups -OCH3 is 1. The number of halogens is 1. The van der Waals surface area contributed by atoms with Crippen LogP contribution in [0.25, 0.3) is 0 Å². The van der Waals surface area contributed by atoms with Gasteiger partial charge in [0.1, 0.15) is 6.61 Å². The molecule has 4 heteroatoms. The largest absolute Gasteiger partial charge is 0.493 e. The fourth-order valence-electron chi connectivity index (χ4n) is 2.34. The summed E-state index contributed by atoms with van der Waals surface area (Å²) in [5.74, 6) is 1.24. The lowest BCUT2D eigenvalue weighted by Gasteiger charge is -2.21. The molecule has 0 aliphatic rings. The smallest absolute Gasteiger partial charge is 0.180 e. The molecule has 0 spiro atoms. The highest BCUT2D eigenvalue weighted by Gasteiger charge is 2.14. The Morgan fingerprint density at radius 1 is 1.08 bits per heavy atom. The summed E-state index contributed by atoms with van der Waals surface area (Å²) in [5, 5.41) is 4.01. The van der Waals surface area contributed by atoms with Crippen molar-refractivity contribution < 1.29 is 9.47 Å². The summed E-state index contributed by atoms with van der Waals surface area (Å²) in [4.78, 5) is 0. The fraction of sp³-hybridized carbons (Fsp3) is 0.400. The maximum atomic E-state index is 6.43. The van der Waals surface area contributed by atoms with E-state index in [0.29, 0.717) is 23.1 Å². The van der Waals surface area contributed by atoms with Crippen molar-refractivity contribution in [3.8, 4) is 11.5 Å². The molecule has 0 fully saturated rings. The number of hydrogen-bond acceptors (Lipinski definition) is 3. The van der Waals surface area contributed by atoms with E-state index in [9.17, 15) is 0 Å². The zero-order chi connectivity index (χ0) is 17.7. The van der Waals surface area contributed by atoms with Crippen molar-refractivity contribution in [2.75, 3.05) is 7.11 Å². The van der Waals surface area contributed by atoms with Crippen LogP contribution >= 0.6 is 11.6 Å². The molecule has 3 nitrogen and oxygen atoms in total. The number of rotatable bonds is 6. The van der Waals surface area contributed by atoms with Gasteiger partial charge in [0, 0.05) is 12.1 Å². The summed E-state index contributed by atoms with van der Waals surface area (Å²) >= 11 is 6.43. The monoisotopic (exact) mass is 347 g/mol. The van der Waals surface area contributed by atoms with Gasteiger partial charge in [-0.2, -0.15) is 0 Å². The standard InChI is InChI=1S/C20H26ClNO2/c1-14-7-6-8-15(9-14)13-24-19-17(21)10-16(11-18(19)23-5)12-22-20(2,3)4/h6-11,22H,12-13H2,1-5H3. The van der Waals surface area contributed by atoms with Gasteiger partial charge in [-0.1, -0.05) is 41.4 Å². The van der Waals surface area contributed by atoms with Crippen molar-refractivity contribution in [1.29, 1.82) is 0 Å². The van der Waals surface area contributed by atoms with Gasteiger partial charge in [0.2, 0.25) is 0 Å². The molecular formula is C20H26ClNO2. The number of aryl methyl sites for hydroxylation is 1. The summed E-state index contributed by atoms with van der Waals surface area (Å²) in [6, 6.07) is 12.1. The second kappa shape index (κ2) is 7.91. The molecule has 0 amide bonds. The van der Waals surface area contributed by atoms with Crippen molar-refractivity contribution in [2.24, 2.45) is 0 Å². The topological polar surface area (TPSA) is 30.5 Å². The first-order valence-electron chi connectivity index (χ1n) is 8.08. The third-order valence-electron chi connectivity index (χ3n) is 3.58. The van der Waals surface area contributed by atoms with Crippen LogP contribution in [0.2, 0.25) is 5.02 Å². The average molecular weight is 348 g/mol. The maximum Gasteiger partial charge on any atom is 0.180 e. The van der Waals surface area contributed by atoms with Crippen LogP contribution in [-0.2, 0) is 13.2 Å². The molecule has 1 N–H and O–H groups in total. The van der Waals surface area contributed by atoms with Crippen LogP contribution in [0, 0.1) is 6.92 Å². The van der Waals surface area contributed by atoms with Gasteiger partial charge in [-0.3, -0.25) is 0 Å². The predicted molar refractivity (Wildman–Crippen MR) is 100 cm³/mol. The van der Waals surface area contributed by atoms with Gasteiger partial charge in [-0.15, -0.1) is 0 Å². The molecule has 2 aromatic rings. The minimum absolute atomic E-state index is 0.0417. The Balaban J connectivity index is 2.14. The summed E-state index contributed by atoms with van der Waals surface area (Å²) in [6.45, 7) is 9.63. The number of hydrogen-bond donors (Lipinski definition) is 1. The van der Waals surface area contributed by atoms with Gasteiger partial charge in [0.05, 0.1) is 12.1 Å². The van der Waals surface area contributed by atoms with E-state index in [0.717, 1.165) is 17.7 Å². The molecule has 0 aliphatic heterocycles. The molecule has 24 heavy (non-hydrogen) atoms. The van der Waals surface area contributed by atoms with Gasteiger partial charge in [-0.05, 0) is 51.0 Å². The van der Waals surface area contributed by atoms with Crippen LogP contribution in [0.4, 0.5) is 0 Å². The molecule has 0 heterocycles. The first-order chi connectivity index (χ1) is 11.3. The van der Waals surface area contributed by atoms with Gasteiger partial charge >= 0.3 is 0 Å². The van der Waals surface area contributed by atoms with E-state index in [1.54, 1.807) is 7.11 Å². The van der Waals surface area contributed by atoms with Gasteiger partial charge in [-0.25, -0.2) is 0 Å². The summed E-state index contributed by atoms with van der Waals surface area (Å²) in [7, 11) is 1.63. The van der Waals surface area contributed by atoms with E-state index in [1.165, 1.54) is 5.56 Å². The first kappa shape index (κ1) is 18.6. The minimum atomic E-state index is 0.0417. The number of benzene rings is 2. The predicted octanol–water partition coefficient (Wildman–Crippen LogP) is 5.12. The van der Waals surface area contributed by atoms with Crippen LogP contribution in [0.3, 0.4) is 0 Å². The minimum Gasteiger partial charge on any atom is -0.493 e. The molecule has 0 bridgehead atoms. The second-order valence-corrected chi connectivity index (χ2v) is 7.40. The van der Waals surface area contributed by atoms with Crippen molar-refractivity contribution in [3.05, 3.63) is 58.1 Å². The molecule has 0 unspecified atom stereocenters. The zero-order valence-corrected chi connectivity index (χ0v) is 15.8. The molecule has 0 aliphatic carbocycles. The summed E-state index contributed by atoms with van der Waals surface area (Å²) < 4.78 is 11.4. The molecule has 2 aromatic carbocycles. The van der Waals surface area contributed by atoms with E-state index in [-0.39, 0.29) is 5.54 Å². The van der Waals surface area contributed by atoms with E-state index in [1.807, 2.05) is 24.3 Å². The molecule has 0 atom stereocenters. The summed E-state index contributed by atoms with van der Waals surface area (Å²) in [6.07, 6.45) is 0. The Bertz CT molecular complexity index is 693. The number of nitrogens with one attached hydrogen (secondary N) is 1. The maximum absolute atomic E-state index is 6.43. The molecule has 0 radical (unpaired) electrons. The lowest BCUT2D eigenvalue weighted by Crippen LogP contribution is -2.35. The molecular weight excluding hydrogens is 322 g/mol. The lowest BCUT2D eigenvalue weighted by molar-refractivity contribution is 0.284. The quantitative estimate of drug-likeness (QED) is 0.786. The van der Waals surface area contributed by atoms with Crippen LogP contribution in [0.15, 0.2) is 36.4 Å². The highest BCUT2D eigenvalue weighted by Crippen LogP contribution is 2.37. The Kier molecular flexibility index (Phi) is 6.14. The van der Waals surface area contributed by atoms with Crippen molar-refractivity contribution >= 4 is 11.6 Å². The van der Waals surface area contributed by atoms with Crippen molar-refractivity contribution in [1.82, 2.24) is 5.32 Å².